The van der Waals surface area contributed by atoms with Crippen LogP contribution in [0.4, 0.5) is 0 Å². The number of nitrogens with two attached hydrogens (primary N) is 1. The molecule has 2 rings (SSSR count). The van der Waals surface area contributed by atoms with Gasteiger partial charge >= 0.3 is 0 Å². The Hall–Kier alpha value is -0.0800. The lowest BCUT2D eigenvalue weighted by Gasteiger charge is -2.30. The average Bonchev–Trinajstić information content (AvgIpc) is 2.84. The van der Waals surface area contributed by atoms with Crippen LogP contribution in [0.2, 0.25) is 0 Å². The summed E-state index contributed by atoms with van der Waals surface area (Å²) in [5.74, 6) is 2.41. The Morgan fingerprint density at radius 1 is 1.06 bits per heavy atom. The van der Waals surface area contributed by atoms with Gasteiger partial charge in [-0.05, 0) is 50.0 Å². The number of hydrogen-bond acceptors (Lipinski definition) is 2. The van der Waals surface area contributed by atoms with Crippen LogP contribution in [-0.4, -0.2) is 19.3 Å². The summed E-state index contributed by atoms with van der Waals surface area (Å²) in [7, 11) is 0. The van der Waals surface area contributed by atoms with Crippen LogP contribution in [0.25, 0.3) is 0 Å². The second-order valence-electron chi connectivity index (χ2n) is 6.08. The van der Waals surface area contributed by atoms with Crippen molar-refractivity contribution < 1.29 is 4.74 Å². The molecule has 0 spiro atoms. The fourth-order valence-corrected chi connectivity index (χ4v) is 3.67. The molecule has 0 aromatic heterocycles. The molecule has 4 unspecified atom stereocenters. The van der Waals surface area contributed by atoms with E-state index in [1.807, 2.05) is 0 Å². The molecule has 0 amide bonds. The van der Waals surface area contributed by atoms with Crippen molar-refractivity contribution in [3.8, 4) is 0 Å². The molecule has 2 heteroatoms. The van der Waals surface area contributed by atoms with Gasteiger partial charge in [0.1, 0.15) is 0 Å². The first-order valence-corrected chi connectivity index (χ1v) is 7.65. The zero-order valence-corrected chi connectivity index (χ0v) is 11.4. The summed E-state index contributed by atoms with van der Waals surface area (Å²) >= 11 is 0. The lowest BCUT2D eigenvalue weighted by atomic mass is 9.85. The molecule has 2 aliphatic rings. The summed E-state index contributed by atoms with van der Waals surface area (Å²) < 4.78 is 6.18. The topological polar surface area (TPSA) is 35.2 Å². The maximum absolute atomic E-state index is 6.18. The van der Waals surface area contributed by atoms with Crippen molar-refractivity contribution in [2.45, 2.75) is 64.4 Å². The minimum Gasteiger partial charge on any atom is -0.378 e. The maximum Gasteiger partial charge on any atom is 0.0577 e. The molecule has 2 fully saturated rings. The van der Waals surface area contributed by atoms with Crippen molar-refractivity contribution in [3.05, 3.63) is 0 Å². The summed E-state index contributed by atoms with van der Waals surface area (Å²) in [6.45, 7) is 4.15. The minimum absolute atomic E-state index is 0.549. The van der Waals surface area contributed by atoms with Gasteiger partial charge < -0.3 is 10.5 Å². The van der Waals surface area contributed by atoms with Gasteiger partial charge in [-0.25, -0.2) is 0 Å². The van der Waals surface area contributed by atoms with Crippen molar-refractivity contribution in [3.63, 3.8) is 0 Å². The molecule has 2 aliphatic carbocycles. The standard InChI is InChI=1S/C15H29NO/c1-2-12-5-3-8-15(9-12)17-11-14-7-4-6-13(14)10-16/h12-15H,2-11,16H2,1H3. The maximum atomic E-state index is 6.18. The van der Waals surface area contributed by atoms with Crippen molar-refractivity contribution >= 4 is 0 Å². The van der Waals surface area contributed by atoms with Crippen molar-refractivity contribution in [2.75, 3.05) is 13.2 Å². The molecule has 0 radical (unpaired) electrons. The lowest BCUT2D eigenvalue weighted by Crippen LogP contribution is -2.28. The Kier molecular flexibility index (Phi) is 5.30. The number of rotatable bonds is 5. The lowest BCUT2D eigenvalue weighted by molar-refractivity contribution is -0.0112. The fourth-order valence-electron chi connectivity index (χ4n) is 3.67. The Morgan fingerprint density at radius 2 is 1.82 bits per heavy atom. The Bertz CT molecular complexity index is 219. The fraction of sp³-hybridized carbons (Fsp3) is 1.00. The van der Waals surface area contributed by atoms with Gasteiger partial charge in [0, 0.05) is 0 Å². The van der Waals surface area contributed by atoms with E-state index in [0.29, 0.717) is 6.10 Å². The van der Waals surface area contributed by atoms with E-state index in [0.717, 1.165) is 30.9 Å². The van der Waals surface area contributed by atoms with E-state index < -0.39 is 0 Å². The minimum atomic E-state index is 0.549. The number of ether oxygens (including phenoxy) is 1. The van der Waals surface area contributed by atoms with Crippen LogP contribution in [-0.2, 0) is 4.74 Å². The van der Waals surface area contributed by atoms with Gasteiger partial charge in [0.05, 0.1) is 12.7 Å². The highest BCUT2D eigenvalue weighted by atomic mass is 16.5. The monoisotopic (exact) mass is 239 g/mol. The molecular weight excluding hydrogens is 210 g/mol. The van der Waals surface area contributed by atoms with Crippen LogP contribution in [0.15, 0.2) is 0 Å². The predicted molar refractivity (Wildman–Crippen MR) is 71.9 cm³/mol. The first-order chi connectivity index (χ1) is 8.33. The summed E-state index contributed by atoms with van der Waals surface area (Å²) in [6.07, 6.45) is 11.3. The first-order valence-electron chi connectivity index (χ1n) is 7.65. The zero-order valence-electron chi connectivity index (χ0n) is 11.4. The van der Waals surface area contributed by atoms with Gasteiger partial charge in [-0.1, -0.05) is 32.6 Å². The quantitative estimate of drug-likeness (QED) is 0.798. The summed E-state index contributed by atoms with van der Waals surface area (Å²) in [6, 6.07) is 0. The Balaban J connectivity index is 1.70. The summed E-state index contributed by atoms with van der Waals surface area (Å²) in [5, 5.41) is 0. The average molecular weight is 239 g/mol. The van der Waals surface area contributed by atoms with Crippen LogP contribution in [0.5, 0.6) is 0 Å². The molecule has 0 aliphatic heterocycles. The van der Waals surface area contributed by atoms with Gasteiger partial charge in [0.25, 0.3) is 0 Å². The molecular formula is C15H29NO. The van der Waals surface area contributed by atoms with E-state index in [1.54, 1.807) is 0 Å². The molecule has 0 bridgehead atoms. The number of hydrogen-bond donors (Lipinski definition) is 1. The third-order valence-corrected chi connectivity index (χ3v) is 4.98. The first kappa shape index (κ1) is 13.4. The smallest absolute Gasteiger partial charge is 0.0577 e. The van der Waals surface area contributed by atoms with Gasteiger partial charge in [-0.2, -0.15) is 0 Å². The van der Waals surface area contributed by atoms with E-state index in [4.69, 9.17) is 10.5 Å². The highest BCUT2D eigenvalue weighted by molar-refractivity contribution is 4.79. The molecule has 2 saturated carbocycles. The van der Waals surface area contributed by atoms with Crippen LogP contribution < -0.4 is 5.73 Å². The molecule has 2 N–H and O–H groups in total. The second kappa shape index (κ2) is 6.75. The van der Waals surface area contributed by atoms with E-state index in [2.05, 4.69) is 6.92 Å². The van der Waals surface area contributed by atoms with E-state index in [9.17, 15) is 0 Å². The third kappa shape index (κ3) is 3.69. The highest BCUT2D eigenvalue weighted by Crippen LogP contribution is 2.33. The van der Waals surface area contributed by atoms with Gasteiger partial charge in [-0.3, -0.25) is 0 Å². The molecule has 2 nitrogen and oxygen atoms in total. The third-order valence-electron chi connectivity index (χ3n) is 4.98. The van der Waals surface area contributed by atoms with Crippen molar-refractivity contribution in [1.82, 2.24) is 0 Å². The molecule has 100 valence electrons. The van der Waals surface area contributed by atoms with E-state index in [1.165, 1.54) is 51.4 Å². The molecule has 0 saturated heterocycles. The summed E-state index contributed by atoms with van der Waals surface area (Å²) in [5.41, 5.74) is 5.82. The van der Waals surface area contributed by atoms with Crippen molar-refractivity contribution in [1.29, 1.82) is 0 Å². The van der Waals surface area contributed by atoms with Crippen LogP contribution in [0, 0.1) is 17.8 Å². The van der Waals surface area contributed by atoms with E-state index in [-0.39, 0.29) is 0 Å². The second-order valence-corrected chi connectivity index (χ2v) is 6.08. The predicted octanol–water partition coefficient (Wildman–Crippen LogP) is 3.35. The Labute approximate surface area is 106 Å². The van der Waals surface area contributed by atoms with E-state index >= 15 is 0 Å². The normalized spacial score (nSPS) is 38.5. The SMILES string of the molecule is CCC1CCCC(OCC2CCCC2CN)C1. The highest BCUT2D eigenvalue weighted by Gasteiger charge is 2.28. The van der Waals surface area contributed by atoms with Gasteiger partial charge in [0.15, 0.2) is 0 Å². The molecule has 0 heterocycles. The van der Waals surface area contributed by atoms with Crippen LogP contribution >= 0.6 is 0 Å². The van der Waals surface area contributed by atoms with Gasteiger partial charge in [-0.15, -0.1) is 0 Å². The van der Waals surface area contributed by atoms with Crippen molar-refractivity contribution in [2.24, 2.45) is 23.5 Å². The molecule has 4 atom stereocenters. The van der Waals surface area contributed by atoms with Gasteiger partial charge in [0.2, 0.25) is 0 Å². The molecule has 0 aromatic rings. The van der Waals surface area contributed by atoms with Crippen LogP contribution in [0.3, 0.4) is 0 Å². The zero-order chi connectivity index (χ0) is 12.1. The molecule has 0 aromatic carbocycles. The largest absolute Gasteiger partial charge is 0.378 e. The molecule has 17 heavy (non-hydrogen) atoms. The Morgan fingerprint density at radius 3 is 2.59 bits per heavy atom. The van der Waals surface area contributed by atoms with Crippen LogP contribution in [0.1, 0.15) is 58.3 Å². The summed E-state index contributed by atoms with van der Waals surface area (Å²) in [4.78, 5) is 0.